The minimum atomic E-state index is -0.269. The SMILES string of the molecule is O=C(NC1CC1)N(S)c1noc2ccccc12. The van der Waals surface area contributed by atoms with Crippen molar-refractivity contribution in [3.63, 3.8) is 0 Å². The van der Waals surface area contributed by atoms with Gasteiger partial charge in [0.25, 0.3) is 0 Å². The zero-order valence-corrected chi connectivity index (χ0v) is 9.85. The first-order chi connectivity index (χ1) is 8.25. The minimum absolute atomic E-state index is 0.269. The molecule has 0 bridgehead atoms. The molecule has 1 aromatic carbocycles. The first kappa shape index (κ1) is 10.5. The quantitative estimate of drug-likeness (QED) is 0.803. The number of thiol groups is 1. The zero-order chi connectivity index (χ0) is 11.8. The predicted molar refractivity (Wildman–Crippen MR) is 67.0 cm³/mol. The van der Waals surface area contributed by atoms with Crippen LogP contribution in [-0.4, -0.2) is 17.2 Å². The smallest absolute Gasteiger partial charge is 0.333 e. The van der Waals surface area contributed by atoms with Gasteiger partial charge in [-0.3, -0.25) is 0 Å². The highest BCUT2D eigenvalue weighted by Gasteiger charge is 2.27. The van der Waals surface area contributed by atoms with Crippen molar-refractivity contribution in [1.82, 2.24) is 10.5 Å². The van der Waals surface area contributed by atoms with E-state index in [9.17, 15) is 4.79 Å². The molecule has 1 aliphatic rings. The van der Waals surface area contributed by atoms with Gasteiger partial charge in [-0.05, 0) is 25.0 Å². The molecule has 1 N–H and O–H groups in total. The van der Waals surface area contributed by atoms with Crippen LogP contribution in [0.4, 0.5) is 10.6 Å². The summed E-state index contributed by atoms with van der Waals surface area (Å²) in [5, 5.41) is 7.46. The molecule has 1 fully saturated rings. The van der Waals surface area contributed by atoms with Crippen LogP contribution in [0.25, 0.3) is 11.0 Å². The molecular formula is C11H11N3O2S. The summed E-state index contributed by atoms with van der Waals surface area (Å²) in [5.41, 5.74) is 0.640. The number of nitrogens with one attached hydrogen (secondary N) is 1. The summed E-state index contributed by atoms with van der Waals surface area (Å²) in [5.74, 6) is 0.419. The van der Waals surface area contributed by atoms with Crippen LogP contribution in [0.1, 0.15) is 12.8 Å². The average molecular weight is 249 g/mol. The van der Waals surface area contributed by atoms with E-state index in [1.165, 1.54) is 4.31 Å². The largest absolute Gasteiger partial charge is 0.354 e. The third kappa shape index (κ3) is 1.95. The van der Waals surface area contributed by atoms with Gasteiger partial charge < -0.3 is 9.84 Å². The van der Waals surface area contributed by atoms with Gasteiger partial charge in [0, 0.05) is 6.04 Å². The Morgan fingerprint density at radius 3 is 3.00 bits per heavy atom. The lowest BCUT2D eigenvalue weighted by atomic mass is 10.2. The molecule has 3 rings (SSSR count). The monoisotopic (exact) mass is 249 g/mol. The normalized spacial score (nSPS) is 14.9. The number of fused-ring (bicyclic) bond motifs is 1. The van der Waals surface area contributed by atoms with Gasteiger partial charge in [-0.2, -0.15) is 0 Å². The Morgan fingerprint density at radius 2 is 2.24 bits per heavy atom. The van der Waals surface area contributed by atoms with Gasteiger partial charge in [-0.1, -0.05) is 30.1 Å². The Bertz CT molecular complexity index is 565. The van der Waals surface area contributed by atoms with Crippen molar-refractivity contribution >= 4 is 35.6 Å². The van der Waals surface area contributed by atoms with E-state index in [1.54, 1.807) is 6.07 Å². The molecule has 0 aliphatic heterocycles. The first-order valence-corrected chi connectivity index (χ1v) is 5.79. The van der Waals surface area contributed by atoms with Crippen molar-refractivity contribution in [2.75, 3.05) is 4.31 Å². The number of urea groups is 1. The summed E-state index contributed by atoms with van der Waals surface area (Å²) in [7, 11) is 0. The second-order valence-corrected chi connectivity index (χ2v) is 4.44. The molecular weight excluding hydrogens is 238 g/mol. The fourth-order valence-electron chi connectivity index (χ4n) is 1.58. The summed E-state index contributed by atoms with van der Waals surface area (Å²) in [6, 6.07) is 7.37. The molecule has 5 nitrogen and oxygen atoms in total. The molecule has 0 spiro atoms. The number of hydrogen-bond acceptors (Lipinski definition) is 4. The zero-order valence-electron chi connectivity index (χ0n) is 8.96. The van der Waals surface area contributed by atoms with Crippen LogP contribution >= 0.6 is 12.8 Å². The van der Waals surface area contributed by atoms with Gasteiger partial charge in [0.15, 0.2) is 11.4 Å². The van der Waals surface area contributed by atoms with E-state index in [0.29, 0.717) is 11.4 Å². The second-order valence-electron chi connectivity index (χ2n) is 4.04. The molecule has 0 atom stereocenters. The lowest BCUT2D eigenvalue weighted by Gasteiger charge is -2.12. The molecule has 88 valence electrons. The van der Waals surface area contributed by atoms with Crippen molar-refractivity contribution in [2.24, 2.45) is 0 Å². The fourth-order valence-corrected chi connectivity index (χ4v) is 1.79. The molecule has 0 saturated heterocycles. The number of carbonyl (C=O) groups excluding carboxylic acids is 1. The number of rotatable bonds is 2. The van der Waals surface area contributed by atoms with Crippen molar-refractivity contribution in [1.29, 1.82) is 0 Å². The fraction of sp³-hybridized carbons (Fsp3) is 0.273. The van der Waals surface area contributed by atoms with E-state index < -0.39 is 0 Å². The molecule has 1 aliphatic carbocycles. The van der Waals surface area contributed by atoms with Crippen LogP contribution in [0, 0.1) is 0 Å². The number of aromatic nitrogens is 1. The van der Waals surface area contributed by atoms with Crippen LogP contribution in [-0.2, 0) is 0 Å². The standard InChI is InChI=1S/C11H11N3O2S/c15-11(12-7-5-6-7)14(17)10-8-3-1-2-4-9(8)16-13-10/h1-4,7,17H,5-6H2,(H,12,15). The number of hydrogen-bond donors (Lipinski definition) is 2. The summed E-state index contributed by atoms with van der Waals surface area (Å²) in [4.78, 5) is 11.8. The molecule has 2 aromatic rings. The minimum Gasteiger partial charge on any atom is -0.354 e. The molecule has 17 heavy (non-hydrogen) atoms. The number of nitrogens with zero attached hydrogens (tertiary/aromatic N) is 2. The molecule has 2 amide bonds. The van der Waals surface area contributed by atoms with E-state index in [2.05, 4.69) is 23.3 Å². The Balaban J connectivity index is 1.89. The Kier molecular flexibility index (Phi) is 2.44. The van der Waals surface area contributed by atoms with Crippen LogP contribution < -0.4 is 9.62 Å². The maximum atomic E-state index is 11.8. The molecule has 1 saturated carbocycles. The predicted octanol–water partition coefficient (Wildman–Crippen LogP) is 2.35. The molecule has 1 aromatic heterocycles. The lowest BCUT2D eigenvalue weighted by Crippen LogP contribution is -2.35. The van der Waals surface area contributed by atoms with Gasteiger partial charge in [0.2, 0.25) is 0 Å². The molecule has 0 unspecified atom stereocenters. The average Bonchev–Trinajstić information content (AvgIpc) is 3.05. The van der Waals surface area contributed by atoms with Gasteiger partial charge in [0.1, 0.15) is 0 Å². The van der Waals surface area contributed by atoms with E-state index in [0.717, 1.165) is 18.2 Å². The van der Waals surface area contributed by atoms with Crippen molar-refractivity contribution in [3.05, 3.63) is 24.3 Å². The highest BCUT2D eigenvalue weighted by molar-refractivity contribution is 7.82. The molecule has 0 radical (unpaired) electrons. The summed E-state index contributed by atoms with van der Waals surface area (Å²) in [6.45, 7) is 0. The highest BCUT2D eigenvalue weighted by Crippen LogP contribution is 2.27. The maximum absolute atomic E-state index is 11.8. The van der Waals surface area contributed by atoms with E-state index in [1.807, 2.05) is 18.2 Å². The summed E-state index contributed by atoms with van der Waals surface area (Å²) < 4.78 is 6.31. The number of carbonyl (C=O) groups is 1. The summed E-state index contributed by atoms with van der Waals surface area (Å²) in [6.07, 6.45) is 2.07. The number of para-hydroxylation sites is 1. The third-order valence-electron chi connectivity index (χ3n) is 2.66. The van der Waals surface area contributed by atoms with Gasteiger partial charge in [-0.15, -0.1) is 0 Å². The second kappa shape index (κ2) is 3.96. The van der Waals surface area contributed by atoms with Gasteiger partial charge in [-0.25, -0.2) is 9.10 Å². The van der Waals surface area contributed by atoms with E-state index >= 15 is 0 Å². The topological polar surface area (TPSA) is 58.4 Å². The molecule has 6 heteroatoms. The van der Waals surface area contributed by atoms with Crippen LogP contribution in [0.3, 0.4) is 0 Å². The maximum Gasteiger partial charge on any atom is 0.333 e. The number of amides is 2. The van der Waals surface area contributed by atoms with E-state index in [-0.39, 0.29) is 12.1 Å². The van der Waals surface area contributed by atoms with E-state index in [4.69, 9.17) is 4.52 Å². The molecule has 1 heterocycles. The van der Waals surface area contributed by atoms with Crippen LogP contribution in [0.2, 0.25) is 0 Å². The third-order valence-corrected chi connectivity index (χ3v) is 3.03. The Labute approximate surface area is 103 Å². The first-order valence-electron chi connectivity index (χ1n) is 5.39. The van der Waals surface area contributed by atoms with Crippen molar-refractivity contribution in [2.45, 2.75) is 18.9 Å². The van der Waals surface area contributed by atoms with Crippen LogP contribution in [0.5, 0.6) is 0 Å². The highest BCUT2D eigenvalue weighted by atomic mass is 32.1. The Hall–Kier alpha value is -1.69. The van der Waals surface area contributed by atoms with Gasteiger partial charge >= 0.3 is 6.03 Å². The number of anilines is 1. The number of benzene rings is 1. The van der Waals surface area contributed by atoms with Crippen molar-refractivity contribution < 1.29 is 9.32 Å². The van der Waals surface area contributed by atoms with Crippen molar-refractivity contribution in [3.8, 4) is 0 Å². The Morgan fingerprint density at radius 1 is 1.47 bits per heavy atom. The summed E-state index contributed by atoms with van der Waals surface area (Å²) >= 11 is 4.16. The van der Waals surface area contributed by atoms with Crippen LogP contribution in [0.15, 0.2) is 28.8 Å². The lowest BCUT2D eigenvalue weighted by molar-refractivity contribution is 0.249. The van der Waals surface area contributed by atoms with Gasteiger partial charge in [0.05, 0.1) is 5.39 Å².